The van der Waals surface area contributed by atoms with E-state index in [9.17, 15) is 14.4 Å². The molecule has 34 heavy (non-hydrogen) atoms. The molecule has 8 heteroatoms. The monoisotopic (exact) mass is 464 g/mol. The van der Waals surface area contributed by atoms with Gasteiger partial charge in [-0.2, -0.15) is 0 Å². The van der Waals surface area contributed by atoms with E-state index in [0.717, 1.165) is 24.8 Å². The van der Waals surface area contributed by atoms with Crippen molar-refractivity contribution >= 4 is 28.7 Å². The van der Waals surface area contributed by atoms with Crippen molar-refractivity contribution < 1.29 is 19.1 Å². The summed E-state index contributed by atoms with van der Waals surface area (Å²) in [5.41, 5.74) is 5.44. The predicted octanol–water partition coefficient (Wildman–Crippen LogP) is 3.42. The van der Waals surface area contributed by atoms with Gasteiger partial charge in [-0.25, -0.2) is 4.79 Å². The molecule has 4 rings (SSSR count). The van der Waals surface area contributed by atoms with E-state index >= 15 is 0 Å². The van der Waals surface area contributed by atoms with Gasteiger partial charge >= 0.3 is 5.97 Å². The largest absolute Gasteiger partial charge is 0.465 e. The van der Waals surface area contributed by atoms with Crippen molar-refractivity contribution in [3.8, 4) is 0 Å². The van der Waals surface area contributed by atoms with Crippen LogP contribution in [0.4, 0.5) is 0 Å². The second-order valence-corrected chi connectivity index (χ2v) is 9.11. The third kappa shape index (κ3) is 4.58. The highest BCUT2D eigenvalue weighted by atomic mass is 16.5. The summed E-state index contributed by atoms with van der Waals surface area (Å²) in [6.07, 6.45) is 4.24. The van der Waals surface area contributed by atoms with Crippen molar-refractivity contribution in [1.29, 1.82) is 0 Å². The predicted molar refractivity (Wildman–Crippen MR) is 130 cm³/mol. The van der Waals surface area contributed by atoms with Crippen LogP contribution >= 0.6 is 0 Å². The Bertz CT molecular complexity index is 1240. The van der Waals surface area contributed by atoms with Gasteiger partial charge in [0.25, 0.3) is 5.91 Å². The summed E-state index contributed by atoms with van der Waals surface area (Å²) in [5.74, 6) is -0.934. The van der Waals surface area contributed by atoms with E-state index in [2.05, 4.69) is 40.4 Å². The number of piperidine rings is 1. The number of benzene rings is 1. The number of hydrogen-bond acceptors (Lipinski definition) is 4. The minimum absolute atomic E-state index is 0.0249. The average Bonchev–Trinajstić information content (AvgIpc) is 3.37. The van der Waals surface area contributed by atoms with Crippen molar-refractivity contribution in [3.63, 3.8) is 0 Å². The van der Waals surface area contributed by atoms with Crippen LogP contribution in [-0.2, 0) is 16.0 Å². The van der Waals surface area contributed by atoms with Gasteiger partial charge in [0, 0.05) is 42.4 Å². The summed E-state index contributed by atoms with van der Waals surface area (Å²) < 4.78 is 4.84. The molecule has 1 aromatic carbocycles. The van der Waals surface area contributed by atoms with Gasteiger partial charge in [-0.05, 0) is 63.3 Å². The van der Waals surface area contributed by atoms with Gasteiger partial charge in [-0.15, -0.1) is 0 Å². The SMILES string of the molecule is COC(=O)c1c(C)[nH]c(C(=O)N2CCC[C@@H](C(=O)NCCc3c[nH]c4ccc(C)cc34)C2)c1C. The van der Waals surface area contributed by atoms with Gasteiger partial charge in [0.2, 0.25) is 5.91 Å². The van der Waals surface area contributed by atoms with Crippen molar-refractivity contribution in [2.24, 2.45) is 5.92 Å². The number of rotatable bonds is 6. The molecule has 2 amide bonds. The standard InChI is InChI=1S/C26H32N4O4/c1-15-7-8-21-20(12-15)18(13-28-21)9-10-27-24(31)19-6-5-11-30(14-19)25(32)23-16(2)22(17(3)29-23)26(33)34-4/h7-8,12-13,19,28-29H,5-6,9-11,14H2,1-4H3,(H,27,31)/t19-/m1/s1. The molecule has 0 unspecified atom stereocenters. The number of aromatic nitrogens is 2. The van der Waals surface area contributed by atoms with Gasteiger partial charge in [0.1, 0.15) is 5.69 Å². The number of aromatic amines is 2. The summed E-state index contributed by atoms with van der Waals surface area (Å²) in [6.45, 7) is 7.05. The molecule has 0 bridgehead atoms. The molecule has 3 heterocycles. The molecule has 1 aliphatic heterocycles. The number of carbonyl (C=O) groups is 3. The zero-order valence-corrected chi connectivity index (χ0v) is 20.2. The minimum Gasteiger partial charge on any atom is -0.465 e. The third-order valence-electron chi connectivity index (χ3n) is 6.74. The molecule has 3 aromatic rings. The number of carbonyl (C=O) groups excluding carboxylic acids is 3. The van der Waals surface area contributed by atoms with Gasteiger partial charge in [-0.1, -0.05) is 11.6 Å². The van der Waals surface area contributed by atoms with Crippen LogP contribution in [0.15, 0.2) is 24.4 Å². The molecule has 1 saturated heterocycles. The van der Waals surface area contributed by atoms with E-state index in [1.165, 1.54) is 23.6 Å². The lowest BCUT2D eigenvalue weighted by atomic mass is 9.96. The highest BCUT2D eigenvalue weighted by molar-refractivity contribution is 6.00. The number of aryl methyl sites for hydroxylation is 2. The van der Waals surface area contributed by atoms with Crippen molar-refractivity contribution in [3.05, 3.63) is 58.0 Å². The lowest BCUT2D eigenvalue weighted by Gasteiger charge is -2.32. The molecule has 8 nitrogen and oxygen atoms in total. The molecule has 0 aliphatic carbocycles. The van der Waals surface area contributed by atoms with E-state index in [4.69, 9.17) is 4.74 Å². The number of ether oxygens (including phenoxy) is 1. The molecule has 1 aliphatic rings. The average molecular weight is 465 g/mol. The van der Waals surface area contributed by atoms with Gasteiger partial charge in [0.05, 0.1) is 18.6 Å². The maximum Gasteiger partial charge on any atom is 0.339 e. The molecule has 180 valence electrons. The van der Waals surface area contributed by atoms with E-state index in [1.807, 2.05) is 6.20 Å². The second-order valence-electron chi connectivity index (χ2n) is 9.11. The number of fused-ring (bicyclic) bond motifs is 1. The molecule has 1 atom stereocenters. The number of esters is 1. The lowest BCUT2D eigenvalue weighted by molar-refractivity contribution is -0.126. The molecule has 1 fully saturated rings. The van der Waals surface area contributed by atoms with E-state index in [-0.39, 0.29) is 17.7 Å². The van der Waals surface area contributed by atoms with E-state index in [0.29, 0.717) is 42.1 Å². The van der Waals surface area contributed by atoms with Gasteiger partial charge in [-0.3, -0.25) is 9.59 Å². The summed E-state index contributed by atoms with van der Waals surface area (Å²) in [6, 6.07) is 6.30. The normalized spacial score (nSPS) is 16.0. The first-order valence-electron chi connectivity index (χ1n) is 11.7. The summed E-state index contributed by atoms with van der Waals surface area (Å²) in [5, 5.41) is 4.24. The molecule has 0 spiro atoms. The molecule has 0 saturated carbocycles. The smallest absolute Gasteiger partial charge is 0.339 e. The van der Waals surface area contributed by atoms with Crippen LogP contribution in [0.1, 0.15) is 56.1 Å². The number of likely N-dealkylation sites (tertiary alicyclic amines) is 1. The number of H-pyrrole nitrogens is 2. The summed E-state index contributed by atoms with van der Waals surface area (Å²) in [4.78, 5) is 46.2. The Hall–Kier alpha value is -3.55. The maximum absolute atomic E-state index is 13.2. The molecule has 3 N–H and O–H groups in total. The Kier molecular flexibility index (Phi) is 6.77. The number of hydrogen-bond donors (Lipinski definition) is 3. The first-order valence-corrected chi connectivity index (χ1v) is 11.7. The Labute approximate surface area is 199 Å². The van der Waals surface area contributed by atoms with Crippen LogP contribution in [0.3, 0.4) is 0 Å². The van der Waals surface area contributed by atoms with Crippen LogP contribution in [0.5, 0.6) is 0 Å². The van der Waals surface area contributed by atoms with Crippen molar-refractivity contribution in [2.45, 2.75) is 40.0 Å². The van der Waals surface area contributed by atoms with Gasteiger partial charge < -0.3 is 24.9 Å². The topological polar surface area (TPSA) is 107 Å². The molecular weight excluding hydrogens is 432 g/mol. The highest BCUT2D eigenvalue weighted by Crippen LogP contribution is 2.24. The lowest BCUT2D eigenvalue weighted by Crippen LogP contribution is -2.46. The maximum atomic E-state index is 13.2. The number of nitrogens with one attached hydrogen (secondary N) is 3. The first kappa shape index (κ1) is 23.6. The van der Waals surface area contributed by atoms with Crippen LogP contribution in [0.2, 0.25) is 0 Å². The quantitative estimate of drug-likeness (QED) is 0.486. The van der Waals surface area contributed by atoms with E-state index in [1.54, 1.807) is 18.7 Å². The molecule has 2 aromatic heterocycles. The Morgan fingerprint density at radius 1 is 1.21 bits per heavy atom. The number of methoxy groups -OCH3 is 1. The van der Waals surface area contributed by atoms with Crippen LogP contribution < -0.4 is 5.32 Å². The van der Waals surface area contributed by atoms with Crippen LogP contribution in [0, 0.1) is 26.7 Å². The number of nitrogens with zero attached hydrogens (tertiary/aromatic N) is 1. The summed E-state index contributed by atoms with van der Waals surface area (Å²) >= 11 is 0. The second kappa shape index (κ2) is 9.75. The third-order valence-corrected chi connectivity index (χ3v) is 6.74. The zero-order chi connectivity index (χ0) is 24.4. The van der Waals surface area contributed by atoms with Crippen LogP contribution in [-0.4, -0.2) is 59.4 Å². The molecule has 0 radical (unpaired) electrons. The zero-order valence-electron chi connectivity index (χ0n) is 20.2. The highest BCUT2D eigenvalue weighted by Gasteiger charge is 2.31. The van der Waals surface area contributed by atoms with E-state index < -0.39 is 5.97 Å². The van der Waals surface area contributed by atoms with Crippen molar-refractivity contribution in [2.75, 3.05) is 26.7 Å². The molecular formula is C26H32N4O4. The van der Waals surface area contributed by atoms with Crippen molar-refractivity contribution in [1.82, 2.24) is 20.2 Å². The Balaban J connectivity index is 1.37. The fourth-order valence-corrected chi connectivity index (χ4v) is 4.87. The minimum atomic E-state index is -0.466. The fourth-order valence-electron chi connectivity index (χ4n) is 4.87. The Morgan fingerprint density at radius 2 is 2.00 bits per heavy atom. The first-order chi connectivity index (χ1) is 16.3. The Morgan fingerprint density at radius 3 is 2.76 bits per heavy atom. The summed E-state index contributed by atoms with van der Waals surface area (Å²) in [7, 11) is 1.32. The fraction of sp³-hybridized carbons (Fsp3) is 0.423. The van der Waals surface area contributed by atoms with Crippen LogP contribution in [0.25, 0.3) is 10.9 Å². The number of amides is 2. The van der Waals surface area contributed by atoms with Gasteiger partial charge in [0.15, 0.2) is 0 Å².